The molecule has 0 spiro atoms. The molecule has 7 nitrogen and oxygen atoms in total. The third-order valence-corrected chi connectivity index (χ3v) is 5.14. The Labute approximate surface area is 175 Å². The first-order valence-electron chi connectivity index (χ1n) is 9.97. The Morgan fingerprint density at radius 1 is 1.20 bits per heavy atom. The lowest BCUT2D eigenvalue weighted by molar-refractivity contribution is -0.116. The molecule has 0 saturated carbocycles. The lowest BCUT2D eigenvalue weighted by Crippen LogP contribution is -2.40. The van der Waals surface area contributed by atoms with Crippen molar-refractivity contribution in [1.82, 2.24) is 15.6 Å². The maximum Gasteiger partial charge on any atom is 0.225 e. The van der Waals surface area contributed by atoms with Gasteiger partial charge in [-0.1, -0.05) is 48.0 Å². The third-order valence-electron chi connectivity index (χ3n) is 5.14. The molecular formula is C23H25N5O2. The minimum absolute atomic E-state index is 0.0341. The van der Waals surface area contributed by atoms with Crippen molar-refractivity contribution in [3.05, 3.63) is 71.7 Å². The molecule has 2 aromatic carbocycles. The summed E-state index contributed by atoms with van der Waals surface area (Å²) in [7, 11) is 1.71. The van der Waals surface area contributed by atoms with Gasteiger partial charge in [-0.15, -0.1) is 0 Å². The molecule has 0 radical (unpaired) electrons. The van der Waals surface area contributed by atoms with Crippen molar-refractivity contribution >= 4 is 17.6 Å². The highest BCUT2D eigenvalue weighted by Gasteiger charge is 2.24. The molecule has 154 valence electrons. The van der Waals surface area contributed by atoms with Crippen LogP contribution in [0, 0.1) is 6.92 Å². The highest BCUT2D eigenvalue weighted by atomic mass is 16.4. The summed E-state index contributed by atoms with van der Waals surface area (Å²) in [6.45, 7) is 3.06. The maximum absolute atomic E-state index is 12.0. The molecule has 1 aliphatic rings. The fraction of sp³-hybridized carbons (Fsp3) is 0.261. The molecule has 0 bridgehead atoms. The summed E-state index contributed by atoms with van der Waals surface area (Å²) >= 11 is 0. The van der Waals surface area contributed by atoms with Crippen molar-refractivity contribution in [2.45, 2.75) is 25.8 Å². The van der Waals surface area contributed by atoms with Crippen LogP contribution >= 0.6 is 0 Å². The van der Waals surface area contributed by atoms with E-state index in [-0.39, 0.29) is 11.8 Å². The van der Waals surface area contributed by atoms with Gasteiger partial charge in [-0.05, 0) is 18.6 Å². The Morgan fingerprint density at radius 3 is 2.80 bits per heavy atom. The van der Waals surface area contributed by atoms with Gasteiger partial charge in [0.1, 0.15) is 0 Å². The van der Waals surface area contributed by atoms with E-state index in [4.69, 9.17) is 4.42 Å². The minimum Gasteiger partial charge on any atom is -0.439 e. The number of nitrogens with zero attached hydrogens (tertiary/aromatic N) is 2. The number of anilines is 1. The summed E-state index contributed by atoms with van der Waals surface area (Å²) in [5, 5.41) is 9.45. The van der Waals surface area contributed by atoms with E-state index in [0.29, 0.717) is 31.4 Å². The molecule has 0 aliphatic carbocycles. The zero-order valence-corrected chi connectivity index (χ0v) is 17.1. The number of hydrogen-bond acceptors (Lipinski definition) is 4. The van der Waals surface area contributed by atoms with E-state index in [9.17, 15) is 4.79 Å². The van der Waals surface area contributed by atoms with Crippen LogP contribution in [0.1, 0.15) is 29.4 Å². The predicted molar refractivity (Wildman–Crippen MR) is 117 cm³/mol. The van der Waals surface area contributed by atoms with Crippen LogP contribution in [0.15, 0.2) is 64.1 Å². The zero-order valence-electron chi connectivity index (χ0n) is 17.1. The topological polar surface area (TPSA) is 91.6 Å². The van der Waals surface area contributed by atoms with Gasteiger partial charge in [0.25, 0.3) is 0 Å². The number of guanidine groups is 1. The molecule has 3 aromatic rings. The summed E-state index contributed by atoms with van der Waals surface area (Å²) < 4.78 is 5.85. The largest absolute Gasteiger partial charge is 0.439 e. The Hall–Kier alpha value is -3.61. The number of rotatable bonds is 5. The predicted octanol–water partition coefficient (Wildman–Crippen LogP) is 3.44. The number of hydrogen-bond donors (Lipinski definition) is 3. The number of fused-ring (bicyclic) bond motifs is 1. The van der Waals surface area contributed by atoms with Gasteiger partial charge < -0.3 is 20.4 Å². The van der Waals surface area contributed by atoms with Crippen molar-refractivity contribution in [2.24, 2.45) is 4.99 Å². The minimum atomic E-state index is 0.0341. The van der Waals surface area contributed by atoms with E-state index >= 15 is 0 Å². The molecule has 1 aliphatic heterocycles. The number of aliphatic imine (C=N–C) groups is 1. The summed E-state index contributed by atoms with van der Waals surface area (Å²) in [6, 6.07) is 16.0. The summed E-state index contributed by atoms with van der Waals surface area (Å²) in [5.74, 6) is 2.07. The number of amides is 1. The van der Waals surface area contributed by atoms with E-state index < -0.39 is 0 Å². The molecular weight excluding hydrogens is 378 g/mol. The quantitative estimate of drug-likeness (QED) is 0.448. The van der Waals surface area contributed by atoms with Crippen molar-refractivity contribution in [2.75, 3.05) is 18.9 Å². The van der Waals surface area contributed by atoms with Crippen LogP contribution in [-0.2, 0) is 11.3 Å². The Kier molecular flexibility index (Phi) is 5.79. The van der Waals surface area contributed by atoms with Gasteiger partial charge in [0.15, 0.2) is 11.7 Å². The van der Waals surface area contributed by atoms with Gasteiger partial charge >= 0.3 is 0 Å². The van der Waals surface area contributed by atoms with E-state index in [1.54, 1.807) is 13.2 Å². The Bertz CT molecular complexity index is 1060. The van der Waals surface area contributed by atoms with Crippen LogP contribution in [0.2, 0.25) is 0 Å². The van der Waals surface area contributed by atoms with Crippen LogP contribution < -0.4 is 16.0 Å². The first kappa shape index (κ1) is 19.7. The smallest absolute Gasteiger partial charge is 0.225 e. The van der Waals surface area contributed by atoms with Crippen LogP contribution in [0.4, 0.5) is 5.69 Å². The van der Waals surface area contributed by atoms with Gasteiger partial charge in [0.05, 0.1) is 12.7 Å². The van der Waals surface area contributed by atoms with Crippen molar-refractivity contribution in [3.63, 3.8) is 0 Å². The first-order chi connectivity index (χ1) is 14.6. The van der Waals surface area contributed by atoms with Crippen LogP contribution in [0.3, 0.4) is 0 Å². The second-order valence-electron chi connectivity index (χ2n) is 7.33. The SMILES string of the molecule is CN=C(NCc1ncc(-c2ccc(C)cc2)o1)NCC1CC(=O)Nc2ccccc21. The summed E-state index contributed by atoms with van der Waals surface area (Å²) in [5.41, 5.74) is 4.21. The number of para-hydroxylation sites is 1. The monoisotopic (exact) mass is 403 g/mol. The summed E-state index contributed by atoms with van der Waals surface area (Å²) in [4.78, 5) is 20.6. The molecule has 30 heavy (non-hydrogen) atoms. The number of oxazole rings is 1. The van der Waals surface area contributed by atoms with E-state index in [2.05, 4.69) is 38.9 Å². The van der Waals surface area contributed by atoms with Crippen LogP contribution in [0.25, 0.3) is 11.3 Å². The first-order valence-corrected chi connectivity index (χ1v) is 9.97. The van der Waals surface area contributed by atoms with Crippen LogP contribution in [0.5, 0.6) is 0 Å². The molecule has 2 heterocycles. The fourth-order valence-corrected chi connectivity index (χ4v) is 3.53. The molecule has 0 fully saturated rings. The van der Waals surface area contributed by atoms with Gasteiger partial charge in [-0.25, -0.2) is 4.98 Å². The lowest BCUT2D eigenvalue weighted by atomic mass is 9.90. The fourth-order valence-electron chi connectivity index (χ4n) is 3.53. The van der Waals surface area contributed by atoms with Crippen LogP contribution in [-0.4, -0.2) is 30.4 Å². The second kappa shape index (κ2) is 8.82. The van der Waals surface area contributed by atoms with Gasteiger partial charge in [0, 0.05) is 37.2 Å². The highest BCUT2D eigenvalue weighted by Crippen LogP contribution is 2.31. The standard InChI is InChI=1S/C23H25N5O2/c1-15-7-9-16(10-8-15)20-13-25-22(30-20)14-27-23(24-2)26-12-17-11-21(29)28-19-6-4-3-5-18(17)19/h3-10,13,17H,11-12,14H2,1-2H3,(H,28,29)(H2,24,26,27). The average molecular weight is 403 g/mol. The molecule has 0 saturated heterocycles. The highest BCUT2D eigenvalue weighted by molar-refractivity contribution is 5.94. The molecule has 1 atom stereocenters. The molecule has 3 N–H and O–H groups in total. The number of nitrogens with one attached hydrogen (secondary N) is 3. The number of carbonyl (C=O) groups is 1. The van der Waals surface area contributed by atoms with E-state index in [1.807, 2.05) is 42.5 Å². The molecule has 1 aromatic heterocycles. The molecule has 1 unspecified atom stereocenters. The van der Waals surface area contributed by atoms with Gasteiger partial charge in [-0.3, -0.25) is 9.79 Å². The lowest BCUT2D eigenvalue weighted by Gasteiger charge is -2.26. The number of aromatic nitrogens is 1. The summed E-state index contributed by atoms with van der Waals surface area (Å²) in [6.07, 6.45) is 2.18. The van der Waals surface area contributed by atoms with Crippen molar-refractivity contribution < 1.29 is 9.21 Å². The average Bonchev–Trinajstić information content (AvgIpc) is 3.23. The van der Waals surface area contributed by atoms with E-state index in [1.165, 1.54) is 5.56 Å². The second-order valence-corrected chi connectivity index (χ2v) is 7.33. The third kappa shape index (κ3) is 4.51. The van der Waals surface area contributed by atoms with E-state index in [0.717, 1.165) is 22.6 Å². The van der Waals surface area contributed by atoms with Crippen molar-refractivity contribution in [3.8, 4) is 11.3 Å². The van der Waals surface area contributed by atoms with Gasteiger partial charge in [0.2, 0.25) is 11.8 Å². The molecule has 4 rings (SSSR count). The number of benzene rings is 2. The van der Waals surface area contributed by atoms with Gasteiger partial charge in [-0.2, -0.15) is 0 Å². The molecule has 1 amide bonds. The Balaban J connectivity index is 1.34. The Morgan fingerprint density at radius 2 is 2.00 bits per heavy atom. The number of carbonyl (C=O) groups excluding carboxylic acids is 1. The normalized spacial score (nSPS) is 16.0. The zero-order chi connectivity index (χ0) is 20.9. The maximum atomic E-state index is 12.0. The number of aryl methyl sites for hydroxylation is 1. The van der Waals surface area contributed by atoms with Crippen molar-refractivity contribution in [1.29, 1.82) is 0 Å². The molecule has 7 heteroatoms.